The van der Waals surface area contributed by atoms with E-state index in [9.17, 15) is 17.6 Å². The first kappa shape index (κ1) is 13.1. The number of nitrogens with one attached hydrogen (secondary N) is 2. The molecule has 0 aromatic heterocycles. The summed E-state index contributed by atoms with van der Waals surface area (Å²) in [7, 11) is 0. The zero-order valence-corrected chi connectivity index (χ0v) is 9.70. The lowest BCUT2D eigenvalue weighted by molar-refractivity contribution is 0.390. The number of benzene rings is 1. The first-order chi connectivity index (χ1) is 8.59. The molecule has 6 heteroatoms. The zero-order valence-electron chi connectivity index (χ0n) is 9.70. The zero-order chi connectivity index (χ0) is 13.1. The molecule has 0 aliphatic carbocycles. The number of rotatable bonds is 3. The molecule has 100 valence electrons. The highest BCUT2D eigenvalue weighted by Crippen LogP contribution is 2.24. The van der Waals surface area contributed by atoms with E-state index < -0.39 is 29.0 Å². The molecular weight excluding hydrogens is 248 g/mol. The molecule has 1 aromatic rings. The van der Waals surface area contributed by atoms with Crippen molar-refractivity contribution in [2.45, 2.75) is 12.8 Å². The fourth-order valence-corrected chi connectivity index (χ4v) is 2.07. The van der Waals surface area contributed by atoms with Gasteiger partial charge in [-0.3, -0.25) is 0 Å². The number of hydrogen-bond donors (Lipinski definition) is 2. The summed E-state index contributed by atoms with van der Waals surface area (Å²) in [5.74, 6) is -5.34. The van der Waals surface area contributed by atoms with Crippen molar-refractivity contribution >= 4 is 5.69 Å². The van der Waals surface area contributed by atoms with E-state index in [0.29, 0.717) is 0 Å². The minimum atomic E-state index is -1.39. The Morgan fingerprint density at radius 3 is 2.39 bits per heavy atom. The van der Waals surface area contributed by atoms with E-state index in [1.54, 1.807) is 0 Å². The van der Waals surface area contributed by atoms with Gasteiger partial charge in [-0.1, -0.05) is 0 Å². The first-order valence-corrected chi connectivity index (χ1v) is 5.87. The lowest BCUT2D eigenvalue weighted by atomic mass is 9.99. The van der Waals surface area contributed by atoms with Crippen molar-refractivity contribution in [1.82, 2.24) is 5.32 Å². The van der Waals surface area contributed by atoms with Crippen molar-refractivity contribution in [2.75, 3.05) is 25.0 Å². The fourth-order valence-electron chi connectivity index (χ4n) is 2.07. The summed E-state index contributed by atoms with van der Waals surface area (Å²) in [6, 6.07) is 0.206. The van der Waals surface area contributed by atoms with Gasteiger partial charge in [-0.2, -0.15) is 0 Å². The van der Waals surface area contributed by atoms with Gasteiger partial charge in [0.05, 0.1) is 0 Å². The van der Waals surface area contributed by atoms with Gasteiger partial charge in [0.15, 0.2) is 23.3 Å². The van der Waals surface area contributed by atoms with Crippen LogP contribution in [-0.4, -0.2) is 19.6 Å². The Hall–Kier alpha value is -1.30. The summed E-state index contributed by atoms with van der Waals surface area (Å²) in [4.78, 5) is 0. The van der Waals surface area contributed by atoms with E-state index in [2.05, 4.69) is 10.6 Å². The molecule has 1 saturated heterocycles. The van der Waals surface area contributed by atoms with Crippen LogP contribution in [0.4, 0.5) is 23.2 Å². The summed E-state index contributed by atoms with van der Waals surface area (Å²) >= 11 is 0. The van der Waals surface area contributed by atoms with Crippen molar-refractivity contribution in [1.29, 1.82) is 0 Å². The topological polar surface area (TPSA) is 24.1 Å². The molecule has 1 heterocycles. The number of halogens is 4. The summed E-state index contributed by atoms with van der Waals surface area (Å²) in [5, 5.41) is 5.61. The maximum Gasteiger partial charge on any atom is 0.185 e. The molecule has 0 spiro atoms. The van der Waals surface area contributed by atoms with Gasteiger partial charge in [-0.05, 0) is 31.8 Å². The molecule has 0 radical (unpaired) electrons. The minimum Gasteiger partial charge on any atom is -0.380 e. The van der Waals surface area contributed by atoms with Gasteiger partial charge in [0.1, 0.15) is 5.69 Å². The predicted molar refractivity (Wildman–Crippen MR) is 60.4 cm³/mol. The molecule has 1 fully saturated rings. The summed E-state index contributed by atoms with van der Waals surface area (Å²) in [6.07, 6.45) is 1.90. The van der Waals surface area contributed by atoms with Crippen molar-refractivity contribution in [3.05, 3.63) is 29.3 Å². The maximum atomic E-state index is 13.3. The SMILES string of the molecule is Fc1cc(F)c(F)c(NCC2CCCNC2)c1F. The molecule has 18 heavy (non-hydrogen) atoms. The van der Waals surface area contributed by atoms with Gasteiger partial charge in [0, 0.05) is 12.6 Å². The van der Waals surface area contributed by atoms with Crippen molar-refractivity contribution in [2.24, 2.45) is 5.92 Å². The van der Waals surface area contributed by atoms with Crippen LogP contribution in [0.25, 0.3) is 0 Å². The second-order valence-electron chi connectivity index (χ2n) is 4.44. The molecule has 0 saturated carbocycles. The van der Waals surface area contributed by atoms with E-state index in [4.69, 9.17) is 0 Å². The van der Waals surface area contributed by atoms with Crippen LogP contribution >= 0.6 is 0 Å². The van der Waals surface area contributed by atoms with Crippen LogP contribution in [0, 0.1) is 29.2 Å². The molecule has 1 aromatic carbocycles. The molecule has 1 aliphatic heterocycles. The Bertz CT molecular complexity index is 404. The largest absolute Gasteiger partial charge is 0.380 e. The second kappa shape index (κ2) is 5.56. The minimum absolute atomic E-state index is 0.198. The predicted octanol–water partition coefficient (Wildman–Crippen LogP) is 2.65. The molecule has 0 bridgehead atoms. The Balaban J connectivity index is 2.08. The van der Waals surface area contributed by atoms with Gasteiger partial charge < -0.3 is 10.6 Å². The Morgan fingerprint density at radius 1 is 1.17 bits per heavy atom. The third-order valence-electron chi connectivity index (χ3n) is 3.08. The quantitative estimate of drug-likeness (QED) is 0.646. The molecule has 2 N–H and O–H groups in total. The average molecular weight is 262 g/mol. The first-order valence-electron chi connectivity index (χ1n) is 5.87. The second-order valence-corrected chi connectivity index (χ2v) is 4.44. The summed E-state index contributed by atoms with van der Waals surface area (Å²) in [6.45, 7) is 1.94. The lowest BCUT2D eigenvalue weighted by Gasteiger charge is -2.23. The van der Waals surface area contributed by atoms with Crippen LogP contribution in [0.15, 0.2) is 6.07 Å². The molecule has 1 aliphatic rings. The van der Waals surface area contributed by atoms with Gasteiger partial charge in [-0.25, -0.2) is 17.6 Å². The van der Waals surface area contributed by atoms with E-state index in [-0.39, 0.29) is 18.5 Å². The van der Waals surface area contributed by atoms with Crippen molar-refractivity contribution in [3.8, 4) is 0 Å². The van der Waals surface area contributed by atoms with Crippen LogP contribution in [0.2, 0.25) is 0 Å². The molecule has 0 amide bonds. The Kier molecular flexibility index (Phi) is 4.06. The normalized spacial score (nSPS) is 19.9. The summed E-state index contributed by atoms with van der Waals surface area (Å²) in [5.41, 5.74) is -0.724. The lowest BCUT2D eigenvalue weighted by Crippen LogP contribution is -2.33. The van der Waals surface area contributed by atoms with Gasteiger partial charge in [0.25, 0.3) is 0 Å². The van der Waals surface area contributed by atoms with Gasteiger partial charge >= 0.3 is 0 Å². The highest BCUT2D eigenvalue weighted by Gasteiger charge is 2.20. The van der Waals surface area contributed by atoms with E-state index >= 15 is 0 Å². The van der Waals surface area contributed by atoms with Crippen LogP contribution in [-0.2, 0) is 0 Å². The maximum absolute atomic E-state index is 13.3. The average Bonchev–Trinajstić information content (AvgIpc) is 2.38. The molecule has 1 atom stereocenters. The van der Waals surface area contributed by atoms with Crippen molar-refractivity contribution < 1.29 is 17.6 Å². The highest BCUT2D eigenvalue weighted by atomic mass is 19.2. The van der Waals surface area contributed by atoms with Crippen LogP contribution in [0.5, 0.6) is 0 Å². The number of anilines is 1. The summed E-state index contributed by atoms with van der Waals surface area (Å²) < 4.78 is 52.6. The van der Waals surface area contributed by atoms with Gasteiger partial charge in [-0.15, -0.1) is 0 Å². The molecule has 2 nitrogen and oxygen atoms in total. The Labute approximate surface area is 102 Å². The van der Waals surface area contributed by atoms with Crippen molar-refractivity contribution in [3.63, 3.8) is 0 Å². The molecular formula is C12H14F4N2. The van der Waals surface area contributed by atoms with Crippen LogP contribution in [0.3, 0.4) is 0 Å². The smallest absolute Gasteiger partial charge is 0.185 e. The fraction of sp³-hybridized carbons (Fsp3) is 0.500. The van der Waals surface area contributed by atoms with Crippen LogP contribution < -0.4 is 10.6 Å². The molecule has 1 unspecified atom stereocenters. The standard InChI is InChI=1S/C12H14F4N2/c13-8-4-9(14)11(16)12(10(8)15)18-6-7-2-1-3-17-5-7/h4,7,17-18H,1-3,5-6H2. The molecule has 2 rings (SSSR count). The van der Waals surface area contributed by atoms with E-state index in [1.165, 1.54) is 0 Å². The highest BCUT2D eigenvalue weighted by molar-refractivity contribution is 5.47. The van der Waals surface area contributed by atoms with E-state index in [1.807, 2.05) is 0 Å². The van der Waals surface area contributed by atoms with E-state index in [0.717, 1.165) is 25.9 Å². The van der Waals surface area contributed by atoms with Crippen LogP contribution in [0.1, 0.15) is 12.8 Å². The monoisotopic (exact) mass is 262 g/mol. The number of hydrogen-bond acceptors (Lipinski definition) is 2. The third kappa shape index (κ3) is 2.75. The number of piperidine rings is 1. The Morgan fingerprint density at radius 2 is 1.83 bits per heavy atom. The third-order valence-corrected chi connectivity index (χ3v) is 3.08. The van der Waals surface area contributed by atoms with Gasteiger partial charge in [0.2, 0.25) is 0 Å².